The maximum absolute atomic E-state index is 12.6. The van der Waals surface area contributed by atoms with Crippen LogP contribution in [-0.4, -0.2) is 13.1 Å². The first-order valence-corrected chi connectivity index (χ1v) is 6.38. The molecule has 0 radical (unpaired) electrons. The quantitative estimate of drug-likeness (QED) is 0.799. The second-order valence-electron chi connectivity index (χ2n) is 4.46. The summed E-state index contributed by atoms with van der Waals surface area (Å²) in [4.78, 5) is 11.6. The fraction of sp³-hybridized carbons (Fsp3) is 0.188. The standard InChI is InChI=1S/C16H13F3O3/c1-21-15(20)14-8-3-2-5-11(14)10-22-13-7-4-6-12(9-13)16(17,18)19/h2-9H,10H2,1H3. The molecule has 0 N–H and O–H groups in total. The fourth-order valence-electron chi connectivity index (χ4n) is 1.88. The van der Waals surface area contributed by atoms with Gasteiger partial charge in [0.15, 0.2) is 0 Å². The minimum absolute atomic E-state index is 0.0351. The van der Waals surface area contributed by atoms with Gasteiger partial charge in [0.05, 0.1) is 18.2 Å². The topological polar surface area (TPSA) is 35.5 Å². The normalized spacial score (nSPS) is 11.1. The average Bonchev–Trinajstić information content (AvgIpc) is 2.52. The number of hydrogen-bond donors (Lipinski definition) is 0. The van der Waals surface area contributed by atoms with Crippen molar-refractivity contribution in [3.63, 3.8) is 0 Å². The van der Waals surface area contributed by atoms with E-state index in [9.17, 15) is 18.0 Å². The number of alkyl halides is 3. The molecule has 0 aliphatic rings. The Morgan fingerprint density at radius 2 is 1.82 bits per heavy atom. The van der Waals surface area contributed by atoms with Gasteiger partial charge in [0.25, 0.3) is 0 Å². The van der Waals surface area contributed by atoms with Crippen LogP contribution in [-0.2, 0) is 17.5 Å². The lowest BCUT2D eigenvalue weighted by atomic mass is 10.1. The summed E-state index contributed by atoms with van der Waals surface area (Å²) in [6.45, 7) is -0.0351. The zero-order chi connectivity index (χ0) is 16.2. The lowest BCUT2D eigenvalue weighted by Crippen LogP contribution is -2.08. The van der Waals surface area contributed by atoms with Gasteiger partial charge in [0, 0.05) is 5.56 Å². The third-order valence-corrected chi connectivity index (χ3v) is 2.98. The van der Waals surface area contributed by atoms with Crippen LogP contribution < -0.4 is 4.74 Å². The lowest BCUT2D eigenvalue weighted by Gasteiger charge is -2.12. The molecule has 0 atom stereocenters. The van der Waals surface area contributed by atoms with Crippen molar-refractivity contribution in [3.8, 4) is 5.75 Å². The first kappa shape index (κ1) is 15.9. The van der Waals surface area contributed by atoms with E-state index in [1.54, 1.807) is 24.3 Å². The highest BCUT2D eigenvalue weighted by atomic mass is 19.4. The predicted octanol–water partition coefficient (Wildman–Crippen LogP) is 4.07. The van der Waals surface area contributed by atoms with Crippen LogP contribution in [0.3, 0.4) is 0 Å². The molecule has 0 aliphatic carbocycles. The Balaban J connectivity index is 2.16. The van der Waals surface area contributed by atoms with Crippen LogP contribution in [0.5, 0.6) is 5.75 Å². The molecule has 6 heteroatoms. The van der Waals surface area contributed by atoms with E-state index in [1.165, 1.54) is 19.2 Å². The second-order valence-corrected chi connectivity index (χ2v) is 4.46. The second kappa shape index (κ2) is 6.51. The molecule has 0 unspecified atom stereocenters. The van der Waals surface area contributed by atoms with Crippen LogP contribution in [0.4, 0.5) is 13.2 Å². The number of ether oxygens (including phenoxy) is 2. The Morgan fingerprint density at radius 3 is 2.50 bits per heavy atom. The van der Waals surface area contributed by atoms with E-state index in [4.69, 9.17) is 4.74 Å². The molecule has 0 fully saturated rings. The minimum Gasteiger partial charge on any atom is -0.489 e. The molecule has 2 rings (SSSR count). The number of hydrogen-bond acceptors (Lipinski definition) is 3. The van der Waals surface area contributed by atoms with Gasteiger partial charge in [-0.15, -0.1) is 0 Å². The molecule has 0 aromatic heterocycles. The summed E-state index contributed by atoms with van der Waals surface area (Å²) in [6.07, 6.45) is -4.43. The molecule has 0 saturated heterocycles. The van der Waals surface area contributed by atoms with Crippen molar-refractivity contribution < 1.29 is 27.4 Å². The predicted molar refractivity (Wildman–Crippen MR) is 73.6 cm³/mol. The first-order chi connectivity index (χ1) is 10.4. The Hall–Kier alpha value is -2.50. The van der Waals surface area contributed by atoms with Gasteiger partial charge in [0.1, 0.15) is 12.4 Å². The first-order valence-electron chi connectivity index (χ1n) is 6.38. The molecule has 116 valence electrons. The Morgan fingerprint density at radius 1 is 1.09 bits per heavy atom. The summed E-state index contributed by atoms with van der Waals surface area (Å²) < 4.78 is 47.9. The van der Waals surface area contributed by atoms with E-state index in [0.717, 1.165) is 12.1 Å². The third kappa shape index (κ3) is 3.78. The Labute approximate surface area is 125 Å². The van der Waals surface area contributed by atoms with E-state index >= 15 is 0 Å². The highest BCUT2D eigenvalue weighted by Gasteiger charge is 2.30. The van der Waals surface area contributed by atoms with Gasteiger partial charge in [-0.05, 0) is 24.3 Å². The van der Waals surface area contributed by atoms with Gasteiger partial charge in [-0.2, -0.15) is 13.2 Å². The average molecular weight is 310 g/mol. The molecule has 0 saturated carbocycles. The Kier molecular flexibility index (Phi) is 4.70. The SMILES string of the molecule is COC(=O)c1ccccc1COc1cccc(C(F)(F)F)c1. The summed E-state index contributed by atoms with van der Waals surface area (Å²) in [6, 6.07) is 11.2. The molecule has 0 aliphatic heterocycles. The number of halogens is 3. The van der Waals surface area contributed by atoms with Crippen LogP contribution >= 0.6 is 0 Å². The van der Waals surface area contributed by atoms with Crippen LogP contribution in [0, 0.1) is 0 Å². The van der Waals surface area contributed by atoms with Gasteiger partial charge >= 0.3 is 12.1 Å². The monoisotopic (exact) mass is 310 g/mol. The molecule has 0 amide bonds. The highest BCUT2D eigenvalue weighted by Crippen LogP contribution is 2.31. The van der Waals surface area contributed by atoms with Crippen molar-refractivity contribution in [2.75, 3.05) is 7.11 Å². The van der Waals surface area contributed by atoms with Gasteiger partial charge in [-0.3, -0.25) is 0 Å². The van der Waals surface area contributed by atoms with E-state index in [2.05, 4.69) is 4.74 Å². The van der Waals surface area contributed by atoms with Crippen LogP contribution in [0.1, 0.15) is 21.5 Å². The summed E-state index contributed by atoms with van der Waals surface area (Å²) in [7, 11) is 1.26. The van der Waals surface area contributed by atoms with Gasteiger partial charge in [0.2, 0.25) is 0 Å². The molecule has 0 spiro atoms. The third-order valence-electron chi connectivity index (χ3n) is 2.98. The van der Waals surface area contributed by atoms with Gasteiger partial charge in [-0.25, -0.2) is 4.79 Å². The smallest absolute Gasteiger partial charge is 0.416 e. The summed E-state index contributed by atoms with van der Waals surface area (Å²) in [5.41, 5.74) is 0.0648. The number of benzene rings is 2. The van der Waals surface area contributed by atoms with E-state index in [0.29, 0.717) is 11.1 Å². The van der Waals surface area contributed by atoms with E-state index in [1.807, 2.05) is 0 Å². The minimum atomic E-state index is -4.43. The molecule has 0 bridgehead atoms. The van der Waals surface area contributed by atoms with Crippen molar-refractivity contribution >= 4 is 5.97 Å². The Bertz CT molecular complexity index is 666. The maximum atomic E-state index is 12.6. The number of rotatable bonds is 4. The van der Waals surface area contributed by atoms with Crippen molar-refractivity contribution in [3.05, 3.63) is 65.2 Å². The van der Waals surface area contributed by atoms with Gasteiger partial charge < -0.3 is 9.47 Å². The molecule has 0 heterocycles. The van der Waals surface area contributed by atoms with Crippen molar-refractivity contribution in [2.45, 2.75) is 12.8 Å². The summed E-state index contributed by atoms with van der Waals surface area (Å²) >= 11 is 0. The zero-order valence-electron chi connectivity index (χ0n) is 11.7. The van der Waals surface area contributed by atoms with Crippen LogP contribution in [0.2, 0.25) is 0 Å². The number of carbonyl (C=O) groups is 1. The molecule has 2 aromatic carbocycles. The molecular formula is C16H13F3O3. The van der Waals surface area contributed by atoms with Crippen LogP contribution in [0.15, 0.2) is 48.5 Å². The number of carbonyl (C=O) groups excluding carboxylic acids is 1. The van der Waals surface area contributed by atoms with Crippen LogP contribution in [0.25, 0.3) is 0 Å². The summed E-state index contributed by atoms with van der Waals surface area (Å²) in [5, 5.41) is 0. The van der Waals surface area contributed by atoms with E-state index < -0.39 is 17.7 Å². The highest BCUT2D eigenvalue weighted by molar-refractivity contribution is 5.90. The number of methoxy groups -OCH3 is 1. The molecule has 22 heavy (non-hydrogen) atoms. The lowest BCUT2D eigenvalue weighted by molar-refractivity contribution is -0.137. The maximum Gasteiger partial charge on any atom is 0.416 e. The molecule has 2 aromatic rings. The zero-order valence-corrected chi connectivity index (χ0v) is 11.7. The molecule has 3 nitrogen and oxygen atoms in total. The molecular weight excluding hydrogens is 297 g/mol. The van der Waals surface area contributed by atoms with E-state index in [-0.39, 0.29) is 12.4 Å². The van der Waals surface area contributed by atoms with Crippen molar-refractivity contribution in [1.82, 2.24) is 0 Å². The fourth-order valence-corrected chi connectivity index (χ4v) is 1.88. The number of esters is 1. The summed E-state index contributed by atoms with van der Waals surface area (Å²) in [5.74, 6) is -0.447. The van der Waals surface area contributed by atoms with Gasteiger partial charge in [-0.1, -0.05) is 24.3 Å². The van der Waals surface area contributed by atoms with Crippen molar-refractivity contribution in [2.24, 2.45) is 0 Å². The largest absolute Gasteiger partial charge is 0.489 e. The van der Waals surface area contributed by atoms with Crippen molar-refractivity contribution in [1.29, 1.82) is 0 Å².